The number of hydrogen-bond acceptors (Lipinski definition) is 1. The third-order valence-corrected chi connectivity index (χ3v) is 2.61. The Kier molecular flexibility index (Phi) is 4.36. The Hall–Kier alpha value is -0.600. The first-order chi connectivity index (χ1) is 6.59. The second-order valence-corrected chi connectivity index (χ2v) is 4.53. The van der Waals surface area contributed by atoms with E-state index in [4.69, 9.17) is 0 Å². The van der Waals surface area contributed by atoms with Crippen molar-refractivity contribution in [2.75, 3.05) is 6.54 Å². The van der Waals surface area contributed by atoms with Gasteiger partial charge < -0.3 is 5.32 Å². The molecular weight excluding hydrogens is 238 g/mol. The van der Waals surface area contributed by atoms with Gasteiger partial charge in [0.15, 0.2) is 0 Å². The molecule has 0 heterocycles. The Morgan fingerprint density at radius 2 is 2.00 bits per heavy atom. The van der Waals surface area contributed by atoms with Crippen LogP contribution < -0.4 is 5.32 Å². The first-order valence-corrected chi connectivity index (χ1v) is 5.52. The molecule has 0 saturated carbocycles. The molecule has 0 aliphatic carbocycles. The minimum Gasteiger partial charge on any atom is -0.306 e. The zero-order valence-corrected chi connectivity index (χ0v) is 10.3. The largest absolute Gasteiger partial charge is 0.306 e. The second-order valence-electron chi connectivity index (χ2n) is 3.61. The Balaban J connectivity index is 2.56. The molecule has 76 valence electrons. The number of halogens is 1. The SMILES string of the molecule is C=C(C)CN[C@H](C)c1ccc(Br)cc1. The minimum atomic E-state index is 0.375. The zero-order valence-electron chi connectivity index (χ0n) is 8.68. The maximum absolute atomic E-state index is 3.86. The molecule has 0 amide bonds. The molecule has 1 rings (SSSR count). The molecule has 0 fully saturated rings. The second kappa shape index (κ2) is 5.32. The van der Waals surface area contributed by atoms with Gasteiger partial charge >= 0.3 is 0 Å². The monoisotopic (exact) mass is 253 g/mol. The van der Waals surface area contributed by atoms with Crippen molar-refractivity contribution in [2.45, 2.75) is 19.9 Å². The van der Waals surface area contributed by atoms with E-state index in [1.165, 1.54) is 5.56 Å². The van der Waals surface area contributed by atoms with Crippen LogP contribution in [0.2, 0.25) is 0 Å². The van der Waals surface area contributed by atoms with Crippen LogP contribution >= 0.6 is 15.9 Å². The van der Waals surface area contributed by atoms with Crippen molar-refractivity contribution in [1.82, 2.24) is 5.32 Å². The van der Waals surface area contributed by atoms with Crippen molar-refractivity contribution < 1.29 is 0 Å². The van der Waals surface area contributed by atoms with E-state index in [0.29, 0.717) is 6.04 Å². The molecule has 0 aliphatic rings. The van der Waals surface area contributed by atoms with Gasteiger partial charge in [0.1, 0.15) is 0 Å². The van der Waals surface area contributed by atoms with Crippen LogP contribution in [0.1, 0.15) is 25.5 Å². The maximum Gasteiger partial charge on any atom is 0.0294 e. The molecule has 1 aromatic carbocycles. The fraction of sp³-hybridized carbons (Fsp3) is 0.333. The summed E-state index contributed by atoms with van der Waals surface area (Å²) in [5.74, 6) is 0. The molecule has 0 saturated heterocycles. The van der Waals surface area contributed by atoms with Gasteiger partial charge in [-0.25, -0.2) is 0 Å². The molecule has 0 spiro atoms. The summed E-state index contributed by atoms with van der Waals surface area (Å²) >= 11 is 3.42. The molecule has 0 radical (unpaired) electrons. The Morgan fingerprint density at radius 3 is 2.50 bits per heavy atom. The van der Waals surface area contributed by atoms with E-state index in [1.54, 1.807) is 0 Å². The smallest absolute Gasteiger partial charge is 0.0294 e. The molecule has 14 heavy (non-hydrogen) atoms. The summed E-state index contributed by atoms with van der Waals surface area (Å²) in [5.41, 5.74) is 2.46. The Morgan fingerprint density at radius 1 is 1.43 bits per heavy atom. The lowest BCUT2D eigenvalue weighted by Gasteiger charge is -2.14. The van der Waals surface area contributed by atoms with Gasteiger partial charge in [0.25, 0.3) is 0 Å². The fourth-order valence-electron chi connectivity index (χ4n) is 1.20. The summed E-state index contributed by atoms with van der Waals surface area (Å²) in [6, 6.07) is 8.75. The van der Waals surface area contributed by atoms with Crippen LogP contribution in [0.4, 0.5) is 0 Å². The molecule has 0 aromatic heterocycles. The average molecular weight is 254 g/mol. The van der Waals surface area contributed by atoms with E-state index in [1.807, 2.05) is 6.92 Å². The third-order valence-electron chi connectivity index (χ3n) is 2.08. The van der Waals surface area contributed by atoms with Crippen LogP contribution in [-0.2, 0) is 0 Å². The van der Waals surface area contributed by atoms with E-state index >= 15 is 0 Å². The third kappa shape index (κ3) is 3.64. The summed E-state index contributed by atoms with van der Waals surface area (Å²) in [6.45, 7) is 8.93. The topological polar surface area (TPSA) is 12.0 Å². The van der Waals surface area contributed by atoms with Crippen LogP contribution in [0, 0.1) is 0 Å². The molecule has 0 aliphatic heterocycles. The zero-order chi connectivity index (χ0) is 10.6. The maximum atomic E-state index is 3.86. The lowest BCUT2D eigenvalue weighted by Crippen LogP contribution is -2.20. The van der Waals surface area contributed by atoms with E-state index < -0.39 is 0 Å². The summed E-state index contributed by atoms with van der Waals surface area (Å²) in [6.07, 6.45) is 0. The van der Waals surface area contributed by atoms with Gasteiger partial charge in [-0.3, -0.25) is 0 Å². The van der Waals surface area contributed by atoms with Gasteiger partial charge in [0.2, 0.25) is 0 Å². The molecule has 0 unspecified atom stereocenters. The number of hydrogen-bond donors (Lipinski definition) is 1. The highest BCUT2D eigenvalue weighted by Gasteiger charge is 2.03. The lowest BCUT2D eigenvalue weighted by atomic mass is 10.1. The highest BCUT2D eigenvalue weighted by Crippen LogP contribution is 2.16. The Labute approximate surface area is 94.3 Å². The summed E-state index contributed by atoms with van der Waals surface area (Å²) in [5, 5.41) is 3.40. The number of nitrogens with one attached hydrogen (secondary N) is 1. The van der Waals surface area contributed by atoms with Crippen molar-refractivity contribution in [2.24, 2.45) is 0 Å². The first-order valence-electron chi connectivity index (χ1n) is 4.73. The molecule has 1 nitrogen and oxygen atoms in total. The van der Waals surface area contributed by atoms with Crippen LogP contribution in [0.25, 0.3) is 0 Å². The van der Waals surface area contributed by atoms with Gasteiger partial charge in [0, 0.05) is 17.1 Å². The number of rotatable bonds is 4. The quantitative estimate of drug-likeness (QED) is 0.808. The van der Waals surface area contributed by atoms with Crippen molar-refractivity contribution in [3.8, 4) is 0 Å². The summed E-state index contributed by atoms with van der Waals surface area (Å²) in [7, 11) is 0. The van der Waals surface area contributed by atoms with Crippen molar-refractivity contribution >= 4 is 15.9 Å². The standard InChI is InChI=1S/C12H16BrN/c1-9(2)8-14-10(3)11-4-6-12(13)7-5-11/h4-7,10,14H,1,8H2,2-3H3/t10-/m1/s1. The molecule has 0 bridgehead atoms. The van der Waals surface area contributed by atoms with E-state index in [9.17, 15) is 0 Å². The van der Waals surface area contributed by atoms with Crippen LogP contribution in [0.15, 0.2) is 40.9 Å². The first kappa shape index (κ1) is 11.5. The molecule has 1 atom stereocenters. The van der Waals surface area contributed by atoms with Crippen molar-refractivity contribution in [3.63, 3.8) is 0 Å². The lowest BCUT2D eigenvalue weighted by molar-refractivity contribution is 0.607. The highest BCUT2D eigenvalue weighted by atomic mass is 79.9. The van der Waals surface area contributed by atoms with Gasteiger partial charge in [-0.15, -0.1) is 0 Å². The van der Waals surface area contributed by atoms with E-state index in [-0.39, 0.29) is 0 Å². The predicted molar refractivity (Wildman–Crippen MR) is 65.4 cm³/mol. The summed E-state index contributed by atoms with van der Waals surface area (Å²) in [4.78, 5) is 0. The summed E-state index contributed by atoms with van der Waals surface area (Å²) < 4.78 is 1.12. The van der Waals surface area contributed by atoms with Gasteiger partial charge in [-0.1, -0.05) is 40.2 Å². The van der Waals surface area contributed by atoms with Crippen LogP contribution in [0.3, 0.4) is 0 Å². The van der Waals surface area contributed by atoms with Gasteiger partial charge in [0.05, 0.1) is 0 Å². The number of benzene rings is 1. The van der Waals surface area contributed by atoms with Crippen molar-refractivity contribution in [1.29, 1.82) is 0 Å². The highest BCUT2D eigenvalue weighted by molar-refractivity contribution is 9.10. The van der Waals surface area contributed by atoms with Crippen LogP contribution in [-0.4, -0.2) is 6.54 Å². The Bertz CT molecular complexity index is 303. The van der Waals surface area contributed by atoms with Gasteiger partial charge in [-0.2, -0.15) is 0 Å². The predicted octanol–water partition coefficient (Wildman–Crippen LogP) is 3.68. The van der Waals surface area contributed by atoms with Crippen LogP contribution in [0.5, 0.6) is 0 Å². The molecule has 1 N–H and O–H groups in total. The molecule has 1 aromatic rings. The van der Waals surface area contributed by atoms with Crippen molar-refractivity contribution in [3.05, 3.63) is 46.5 Å². The van der Waals surface area contributed by atoms with E-state index in [0.717, 1.165) is 16.6 Å². The fourth-order valence-corrected chi connectivity index (χ4v) is 1.46. The average Bonchev–Trinajstić information content (AvgIpc) is 2.15. The van der Waals surface area contributed by atoms with Gasteiger partial charge in [-0.05, 0) is 31.5 Å². The minimum absolute atomic E-state index is 0.375. The molecular formula is C12H16BrN. The van der Waals surface area contributed by atoms with E-state index in [2.05, 4.69) is 59.0 Å². The normalized spacial score (nSPS) is 12.5. The molecule has 2 heteroatoms.